The van der Waals surface area contributed by atoms with E-state index in [9.17, 15) is 4.79 Å². The first-order valence-corrected chi connectivity index (χ1v) is 6.62. The molecule has 0 fully saturated rings. The lowest BCUT2D eigenvalue weighted by Crippen LogP contribution is -2.09. The molecule has 2 aromatic rings. The van der Waals surface area contributed by atoms with Crippen LogP contribution in [0.3, 0.4) is 0 Å². The number of carbonyl (C=O) groups excluding carboxylic acids is 1. The Hall–Kier alpha value is -1.81. The van der Waals surface area contributed by atoms with Crippen LogP contribution in [0.1, 0.15) is 26.4 Å². The molecular weight excluding hydrogens is 244 g/mol. The summed E-state index contributed by atoms with van der Waals surface area (Å²) in [7, 11) is 0. The van der Waals surface area contributed by atoms with Crippen LogP contribution in [0.5, 0.6) is 0 Å². The van der Waals surface area contributed by atoms with Gasteiger partial charge in [-0.1, -0.05) is 6.07 Å². The minimum absolute atomic E-state index is 0.372. The third-order valence-electron chi connectivity index (χ3n) is 2.91. The Morgan fingerprint density at radius 3 is 2.67 bits per heavy atom. The molecule has 4 heteroatoms. The fourth-order valence-electron chi connectivity index (χ4n) is 1.64. The number of carbonyl (C=O) groups is 1. The number of amides is 1. The molecule has 1 heterocycles. The summed E-state index contributed by atoms with van der Waals surface area (Å²) in [5.74, 6) is -0.372. The minimum Gasteiger partial charge on any atom is -0.380 e. The van der Waals surface area contributed by atoms with Crippen molar-refractivity contribution in [1.29, 1.82) is 0 Å². The number of hydrogen-bond donors (Lipinski definition) is 2. The number of hydrogen-bond acceptors (Lipinski definition) is 3. The molecule has 94 valence electrons. The van der Waals surface area contributed by atoms with E-state index in [2.05, 4.69) is 37.4 Å². The van der Waals surface area contributed by atoms with Crippen molar-refractivity contribution in [3.8, 4) is 0 Å². The largest absolute Gasteiger partial charge is 0.380 e. The Labute approximate surface area is 111 Å². The molecule has 0 spiro atoms. The van der Waals surface area contributed by atoms with Crippen LogP contribution >= 0.6 is 11.3 Å². The van der Waals surface area contributed by atoms with Gasteiger partial charge in [0.2, 0.25) is 5.91 Å². The van der Waals surface area contributed by atoms with Crippen molar-refractivity contribution in [2.24, 2.45) is 5.73 Å². The molecule has 0 saturated carbocycles. The van der Waals surface area contributed by atoms with Gasteiger partial charge in [0.05, 0.1) is 5.56 Å². The van der Waals surface area contributed by atoms with E-state index < -0.39 is 0 Å². The SMILES string of the molecule is Cc1ccc(NCc2cc(C(N)=O)cs2)cc1C. The predicted octanol–water partition coefficient (Wildman–Crippen LogP) is 3.08. The van der Waals surface area contributed by atoms with Crippen LogP contribution in [0, 0.1) is 13.8 Å². The van der Waals surface area contributed by atoms with Crippen LogP contribution in [-0.2, 0) is 6.54 Å². The second-order valence-electron chi connectivity index (χ2n) is 4.32. The van der Waals surface area contributed by atoms with Gasteiger partial charge in [-0.3, -0.25) is 4.79 Å². The maximum absolute atomic E-state index is 11.0. The van der Waals surface area contributed by atoms with Crippen LogP contribution in [0.2, 0.25) is 0 Å². The molecule has 1 aromatic heterocycles. The van der Waals surface area contributed by atoms with E-state index in [0.29, 0.717) is 12.1 Å². The smallest absolute Gasteiger partial charge is 0.249 e. The zero-order valence-electron chi connectivity index (χ0n) is 10.5. The second kappa shape index (κ2) is 5.23. The highest BCUT2D eigenvalue weighted by Gasteiger charge is 2.04. The quantitative estimate of drug-likeness (QED) is 0.887. The zero-order valence-corrected chi connectivity index (χ0v) is 11.3. The molecule has 0 aliphatic rings. The molecule has 0 radical (unpaired) electrons. The summed E-state index contributed by atoms with van der Waals surface area (Å²) in [6, 6.07) is 8.12. The Morgan fingerprint density at radius 1 is 1.28 bits per heavy atom. The summed E-state index contributed by atoms with van der Waals surface area (Å²) in [5, 5.41) is 5.13. The molecule has 1 aromatic carbocycles. The van der Waals surface area contributed by atoms with E-state index in [-0.39, 0.29) is 5.91 Å². The predicted molar refractivity (Wildman–Crippen MR) is 76.1 cm³/mol. The summed E-state index contributed by atoms with van der Waals surface area (Å²) in [5.41, 5.74) is 9.44. The standard InChI is InChI=1S/C14H16N2OS/c1-9-3-4-12(5-10(9)2)16-7-13-6-11(8-18-13)14(15)17/h3-6,8,16H,7H2,1-2H3,(H2,15,17). The summed E-state index contributed by atoms with van der Waals surface area (Å²) in [4.78, 5) is 12.1. The highest BCUT2D eigenvalue weighted by atomic mass is 32.1. The van der Waals surface area contributed by atoms with Crippen LogP contribution in [0.4, 0.5) is 5.69 Å². The maximum atomic E-state index is 11.0. The maximum Gasteiger partial charge on any atom is 0.249 e. The first-order valence-electron chi connectivity index (χ1n) is 5.74. The zero-order chi connectivity index (χ0) is 13.1. The Bertz CT molecular complexity index is 575. The monoisotopic (exact) mass is 260 g/mol. The average molecular weight is 260 g/mol. The van der Waals surface area contributed by atoms with E-state index in [0.717, 1.165) is 10.6 Å². The van der Waals surface area contributed by atoms with E-state index in [4.69, 9.17) is 5.73 Å². The molecule has 3 N–H and O–H groups in total. The number of benzene rings is 1. The normalized spacial score (nSPS) is 10.3. The van der Waals surface area contributed by atoms with E-state index in [1.807, 2.05) is 6.07 Å². The fraction of sp³-hybridized carbons (Fsp3) is 0.214. The highest BCUT2D eigenvalue weighted by molar-refractivity contribution is 7.10. The lowest BCUT2D eigenvalue weighted by atomic mass is 10.1. The lowest BCUT2D eigenvalue weighted by Gasteiger charge is -2.07. The van der Waals surface area contributed by atoms with Crippen molar-refractivity contribution >= 4 is 22.9 Å². The molecule has 3 nitrogen and oxygen atoms in total. The molecule has 0 aliphatic carbocycles. The summed E-state index contributed by atoms with van der Waals surface area (Å²) < 4.78 is 0. The average Bonchev–Trinajstić information content (AvgIpc) is 2.79. The number of nitrogens with one attached hydrogen (secondary N) is 1. The lowest BCUT2D eigenvalue weighted by molar-refractivity contribution is 0.100. The number of anilines is 1. The number of nitrogens with two attached hydrogens (primary N) is 1. The fourth-order valence-corrected chi connectivity index (χ4v) is 2.46. The molecule has 0 unspecified atom stereocenters. The van der Waals surface area contributed by atoms with Gasteiger partial charge < -0.3 is 11.1 Å². The van der Waals surface area contributed by atoms with Gasteiger partial charge in [-0.05, 0) is 43.2 Å². The topological polar surface area (TPSA) is 55.1 Å². The number of rotatable bonds is 4. The van der Waals surface area contributed by atoms with Crippen LogP contribution in [-0.4, -0.2) is 5.91 Å². The molecule has 2 rings (SSSR count). The van der Waals surface area contributed by atoms with E-state index in [1.165, 1.54) is 11.1 Å². The van der Waals surface area contributed by atoms with Crippen LogP contribution in [0.15, 0.2) is 29.6 Å². The van der Waals surface area contributed by atoms with Crippen molar-refractivity contribution < 1.29 is 4.79 Å². The Morgan fingerprint density at radius 2 is 2.06 bits per heavy atom. The number of thiophene rings is 1. The highest BCUT2D eigenvalue weighted by Crippen LogP contribution is 2.18. The summed E-state index contributed by atoms with van der Waals surface area (Å²) in [6.45, 7) is 4.90. The molecule has 18 heavy (non-hydrogen) atoms. The van der Waals surface area contributed by atoms with Crippen molar-refractivity contribution in [3.05, 3.63) is 51.2 Å². The van der Waals surface area contributed by atoms with Gasteiger partial charge in [0.15, 0.2) is 0 Å². The number of aryl methyl sites for hydroxylation is 2. The van der Waals surface area contributed by atoms with Crippen molar-refractivity contribution in [3.63, 3.8) is 0 Å². The third kappa shape index (κ3) is 2.90. The van der Waals surface area contributed by atoms with Gasteiger partial charge in [-0.2, -0.15) is 0 Å². The first-order chi connectivity index (χ1) is 8.56. The number of primary amides is 1. The molecule has 0 atom stereocenters. The molecule has 1 amide bonds. The molecule has 0 saturated heterocycles. The van der Waals surface area contributed by atoms with Crippen molar-refractivity contribution in [2.45, 2.75) is 20.4 Å². The van der Waals surface area contributed by atoms with Gasteiger partial charge in [0.25, 0.3) is 0 Å². The van der Waals surface area contributed by atoms with E-state index >= 15 is 0 Å². The Balaban J connectivity index is 2.02. The Kier molecular flexibility index (Phi) is 3.67. The summed E-state index contributed by atoms with van der Waals surface area (Å²) >= 11 is 1.54. The van der Waals surface area contributed by atoms with Crippen molar-refractivity contribution in [2.75, 3.05) is 5.32 Å². The minimum atomic E-state index is -0.372. The van der Waals surface area contributed by atoms with Gasteiger partial charge in [0.1, 0.15) is 0 Å². The molecule has 0 aliphatic heterocycles. The summed E-state index contributed by atoms with van der Waals surface area (Å²) in [6.07, 6.45) is 0. The molecular formula is C14H16N2OS. The second-order valence-corrected chi connectivity index (χ2v) is 5.31. The first kappa shape index (κ1) is 12.6. The molecule has 0 bridgehead atoms. The van der Waals surface area contributed by atoms with Gasteiger partial charge in [-0.15, -0.1) is 11.3 Å². The van der Waals surface area contributed by atoms with Gasteiger partial charge >= 0.3 is 0 Å². The van der Waals surface area contributed by atoms with E-state index in [1.54, 1.807) is 16.7 Å². The van der Waals surface area contributed by atoms with Crippen LogP contribution in [0.25, 0.3) is 0 Å². The van der Waals surface area contributed by atoms with Crippen LogP contribution < -0.4 is 11.1 Å². The van der Waals surface area contributed by atoms with Gasteiger partial charge in [0, 0.05) is 22.5 Å². The van der Waals surface area contributed by atoms with Gasteiger partial charge in [-0.25, -0.2) is 0 Å². The third-order valence-corrected chi connectivity index (χ3v) is 3.85. The van der Waals surface area contributed by atoms with Crippen molar-refractivity contribution in [1.82, 2.24) is 0 Å².